The number of hydrogen-bond donors (Lipinski definition) is 1. The van der Waals surface area contributed by atoms with Crippen molar-refractivity contribution in [3.8, 4) is 6.07 Å². The number of nitrogens with zero attached hydrogens (tertiary/aromatic N) is 2. The molecule has 0 saturated heterocycles. The van der Waals surface area contributed by atoms with Crippen molar-refractivity contribution < 1.29 is 9.50 Å². The number of halogens is 1. The van der Waals surface area contributed by atoms with Crippen molar-refractivity contribution in [2.45, 2.75) is 26.9 Å². The van der Waals surface area contributed by atoms with Gasteiger partial charge in [-0.2, -0.15) is 5.26 Å². The molecule has 0 heterocycles. The summed E-state index contributed by atoms with van der Waals surface area (Å²) in [6.07, 6.45) is -0.734. The summed E-state index contributed by atoms with van der Waals surface area (Å²) < 4.78 is 13.2. The van der Waals surface area contributed by atoms with Crippen LogP contribution < -0.4 is 4.90 Å². The van der Waals surface area contributed by atoms with Crippen LogP contribution in [0.1, 0.15) is 32.4 Å². The van der Waals surface area contributed by atoms with Gasteiger partial charge in [0, 0.05) is 24.3 Å². The van der Waals surface area contributed by atoms with Crippen LogP contribution >= 0.6 is 0 Å². The van der Waals surface area contributed by atoms with Gasteiger partial charge in [-0.1, -0.05) is 0 Å². The molecule has 18 heavy (non-hydrogen) atoms. The van der Waals surface area contributed by atoms with Crippen LogP contribution in [-0.4, -0.2) is 18.2 Å². The Morgan fingerprint density at radius 3 is 2.61 bits per heavy atom. The number of aliphatic hydroxyl groups is 1. The lowest BCUT2D eigenvalue weighted by Crippen LogP contribution is -2.29. The normalized spacial score (nSPS) is 13.8. The Morgan fingerprint density at radius 2 is 2.11 bits per heavy atom. The van der Waals surface area contributed by atoms with Crippen LogP contribution in [-0.2, 0) is 0 Å². The molecule has 1 unspecified atom stereocenters. The molecule has 1 aromatic carbocycles. The third kappa shape index (κ3) is 3.44. The molecular formula is C14H19FN2O. The summed E-state index contributed by atoms with van der Waals surface area (Å²) in [5.74, 6) is -0.476. The van der Waals surface area contributed by atoms with Gasteiger partial charge in [0.1, 0.15) is 5.82 Å². The van der Waals surface area contributed by atoms with Gasteiger partial charge in [-0.25, -0.2) is 4.39 Å². The lowest BCUT2D eigenvalue weighted by Gasteiger charge is -2.27. The van der Waals surface area contributed by atoms with Crippen molar-refractivity contribution in [2.24, 2.45) is 5.92 Å². The van der Waals surface area contributed by atoms with E-state index < -0.39 is 6.10 Å². The number of rotatable bonds is 5. The largest absolute Gasteiger partial charge is 0.389 e. The van der Waals surface area contributed by atoms with E-state index in [0.29, 0.717) is 18.7 Å². The third-order valence-corrected chi connectivity index (χ3v) is 2.88. The van der Waals surface area contributed by atoms with Crippen molar-refractivity contribution in [1.29, 1.82) is 5.26 Å². The summed E-state index contributed by atoms with van der Waals surface area (Å²) in [5.41, 5.74) is 1.35. The molecule has 0 saturated carbocycles. The fourth-order valence-corrected chi connectivity index (χ4v) is 1.92. The molecule has 0 bridgehead atoms. The molecule has 0 amide bonds. The van der Waals surface area contributed by atoms with Gasteiger partial charge >= 0.3 is 0 Å². The number of nitriles is 1. The second kappa shape index (κ2) is 6.36. The Morgan fingerprint density at radius 1 is 1.44 bits per heavy atom. The van der Waals surface area contributed by atoms with Crippen LogP contribution in [0.4, 0.5) is 10.1 Å². The summed E-state index contributed by atoms with van der Waals surface area (Å²) in [6.45, 7) is 6.70. The second-order valence-corrected chi connectivity index (χ2v) is 4.45. The summed E-state index contributed by atoms with van der Waals surface area (Å²) in [4.78, 5) is 1.98. The van der Waals surface area contributed by atoms with E-state index in [1.165, 1.54) is 12.1 Å². The molecule has 0 aliphatic heterocycles. The average Bonchev–Trinajstić information content (AvgIpc) is 2.35. The zero-order valence-corrected chi connectivity index (χ0v) is 11.0. The van der Waals surface area contributed by atoms with Crippen LogP contribution in [0.5, 0.6) is 0 Å². The summed E-state index contributed by atoms with van der Waals surface area (Å²) in [5, 5.41) is 18.6. The molecule has 2 atom stereocenters. The van der Waals surface area contributed by atoms with Gasteiger partial charge in [-0.15, -0.1) is 0 Å². The van der Waals surface area contributed by atoms with Gasteiger partial charge in [0.25, 0.3) is 0 Å². The molecule has 0 aromatic heterocycles. The molecule has 3 nitrogen and oxygen atoms in total. The maximum absolute atomic E-state index is 13.2. The van der Waals surface area contributed by atoms with Gasteiger partial charge in [-0.05, 0) is 39.0 Å². The Hall–Kier alpha value is -1.60. The molecule has 0 fully saturated rings. The van der Waals surface area contributed by atoms with E-state index in [1.807, 2.05) is 18.7 Å². The third-order valence-electron chi connectivity index (χ3n) is 2.88. The van der Waals surface area contributed by atoms with Gasteiger partial charge in [0.05, 0.1) is 18.1 Å². The Labute approximate surface area is 107 Å². The van der Waals surface area contributed by atoms with E-state index in [1.54, 1.807) is 13.0 Å². The highest BCUT2D eigenvalue weighted by molar-refractivity contribution is 5.54. The maximum atomic E-state index is 13.2. The topological polar surface area (TPSA) is 47.3 Å². The maximum Gasteiger partial charge on any atom is 0.123 e. The number of aliphatic hydroxyl groups excluding tert-OH is 1. The van der Waals surface area contributed by atoms with Crippen molar-refractivity contribution >= 4 is 5.69 Å². The smallest absolute Gasteiger partial charge is 0.123 e. The monoisotopic (exact) mass is 250 g/mol. The minimum absolute atomic E-state index is 0.114. The highest BCUT2D eigenvalue weighted by atomic mass is 19.1. The molecule has 4 heteroatoms. The zero-order chi connectivity index (χ0) is 13.7. The van der Waals surface area contributed by atoms with Gasteiger partial charge in [0.2, 0.25) is 0 Å². The first kappa shape index (κ1) is 14.5. The molecule has 0 aliphatic carbocycles. The first-order valence-corrected chi connectivity index (χ1v) is 6.11. The van der Waals surface area contributed by atoms with Crippen LogP contribution in [0.25, 0.3) is 0 Å². The molecule has 1 N–H and O–H groups in total. The van der Waals surface area contributed by atoms with Crippen molar-refractivity contribution in [3.63, 3.8) is 0 Å². The Balaban J connectivity index is 3.09. The first-order valence-electron chi connectivity index (χ1n) is 6.11. The van der Waals surface area contributed by atoms with Crippen LogP contribution in [0.3, 0.4) is 0 Å². The van der Waals surface area contributed by atoms with Gasteiger partial charge in [-0.3, -0.25) is 0 Å². The Bertz CT molecular complexity index is 440. The van der Waals surface area contributed by atoms with E-state index in [2.05, 4.69) is 6.07 Å². The van der Waals surface area contributed by atoms with E-state index in [4.69, 9.17) is 5.26 Å². The highest BCUT2D eigenvalue weighted by Crippen LogP contribution is 2.27. The quantitative estimate of drug-likeness (QED) is 0.874. The molecule has 1 aromatic rings. The molecule has 0 aliphatic rings. The zero-order valence-electron chi connectivity index (χ0n) is 11.0. The molecule has 0 spiro atoms. The van der Waals surface area contributed by atoms with E-state index in [0.717, 1.165) is 5.69 Å². The minimum atomic E-state index is -0.734. The lowest BCUT2D eigenvalue weighted by molar-refractivity contribution is 0.199. The van der Waals surface area contributed by atoms with Gasteiger partial charge in [0.15, 0.2) is 0 Å². The fraction of sp³-hybridized carbons (Fsp3) is 0.500. The molecule has 0 radical (unpaired) electrons. The summed E-state index contributed by atoms with van der Waals surface area (Å²) in [6, 6.07) is 6.56. The van der Waals surface area contributed by atoms with Crippen molar-refractivity contribution in [1.82, 2.24) is 0 Å². The number of hydrogen-bond acceptors (Lipinski definition) is 3. The fourth-order valence-electron chi connectivity index (χ4n) is 1.92. The van der Waals surface area contributed by atoms with Crippen molar-refractivity contribution in [2.75, 3.05) is 18.0 Å². The van der Waals surface area contributed by atoms with E-state index in [-0.39, 0.29) is 11.7 Å². The highest BCUT2D eigenvalue weighted by Gasteiger charge is 2.16. The SMILES string of the molecule is CCN(CC(C)C#N)c1ccc(F)cc1[C@@H](C)O. The van der Waals surface area contributed by atoms with Crippen LogP contribution in [0.2, 0.25) is 0 Å². The Kier molecular flexibility index (Phi) is 5.11. The standard InChI is InChI=1S/C14H19FN2O/c1-4-17(9-10(2)8-16)14-6-5-12(15)7-13(14)11(3)18/h5-7,10-11,18H,4,9H2,1-3H3/t10?,11-/m1/s1. The van der Waals surface area contributed by atoms with Crippen LogP contribution in [0, 0.1) is 23.1 Å². The predicted molar refractivity (Wildman–Crippen MR) is 69.7 cm³/mol. The lowest BCUT2D eigenvalue weighted by atomic mass is 10.1. The van der Waals surface area contributed by atoms with Gasteiger partial charge < -0.3 is 10.0 Å². The first-order chi connectivity index (χ1) is 8.49. The molecule has 1 rings (SSSR count). The predicted octanol–water partition coefficient (Wildman–Crippen LogP) is 2.86. The molecular weight excluding hydrogens is 231 g/mol. The van der Waals surface area contributed by atoms with Crippen LogP contribution in [0.15, 0.2) is 18.2 Å². The number of anilines is 1. The minimum Gasteiger partial charge on any atom is -0.389 e. The van der Waals surface area contributed by atoms with E-state index >= 15 is 0 Å². The summed E-state index contributed by atoms with van der Waals surface area (Å²) in [7, 11) is 0. The number of benzene rings is 1. The molecule has 98 valence electrons. The van der Waals surface area contributed by atoms with E-state index in [9.17, 15) is 9.50 Å². The average molecular weight is 250 g/mol. The summed E-state index contributed by atoms with van der Waals surface area (Å²) >= 11 is 0. The van der Waals surface area contributed by atoms with Crippen molar-refractivity contribution in [3.05, 3.63) is 29.6 Å². The second-order valence-electron chi connectivity index (χ2n) is 4.45.